The summed E-state index contributed by atoms with van der Waals surface area (Å²) in [7, 11) is 0. The Labute approximate surface area is 111 Å². The van der Waals surface area contributed by atoms with Crippen molar-refractivity contribution in [3.05, 3.63) is 0 Å². The second-order valence-corrected chi connectivity index (χ2v) is 6.79. The summed E-state index contributed by atoms with van der Waals surface area (Å²) in [5, 5.41) is 6.72. The largest absolute Gasteiger partial charge is 0.352 e. The van der Waals surface area contributed by atoms with Crippen LogP contribution >= 0.6 is 0 Å². The second kappa shape index (κ2) is 5.20. The van der Waals surface area contributed by atoms with E-state index in [4.69, 9.17) is 0 Å². The summed E-state index contributed by atoms with van der Waals surface area (Å²) >= 11 is 0. The molecular weight excluding hydrogens is 224 g/mol. The van der Waals surface area contributed by atoms with Gasteiger partial charge in [-0.25, -0.2) is 0 Å². The van der Waals surface area contributed by atoms with Crippen LogP contribution in [0.5, 0.6) is 0 Å². The number of rotatable bonds is 3. The Balaban J connectivity index is 2.01. The van der Waals surface area contributed by atoms with Gasteiger partial charge in [-0.1, -0.05) is 27.2 Å². The quantitative estimate of drug-likeness (QED) is 0.810. The van der Waals surface area contributed by atoms with E-state index in [1.54, 1.807) is 0 Å². The predicted molar refractivity (Wildman–Crippen MR) is 74.4 cm³/mol. The van der Waals surface area contributed by atoms with Crippen molar-refractivity contribution >= 4 is 5.91 Å². The lowest BCUT2D eigenvalue weighted by molar-refractivity contribution is -0.134. The highest BCUT2D eigenvalue weighted by Crippen LogP contribution is 2.39. The minimum atomic E-state index is -0.107. The van der Waals surface area contributed by atoms with Crippen molar-refractivity contribution in [3.63, 3.8) is 0 Å². The molecule has 2 N–H and O–H groups in total. The zero-order valence-electron chi connectivity index (χ0n) is 12.1. The zero-order valence-corrected chi connectivity index (χ0v) is 12.1. The molecular formula is C15H28N2O. The fourth-order valence-corrected chi connectivity index (χ4v) is 3.55. The first-order valence-electron chi connectivity index (χ1n) is 7.52. The van der Waals surface area contributed by atoms with E-state index in [1.165, 1.54) is 12.8 Å². The molecule has 1 saturated carbocycles. The molecule has 0 radical (unpaired) electrons. The van der Waals surface area contributed by atoms with E-state index in [2.05, 4.69) is 31.4 Å². The van der Waals surface area contributed by atoms with Crippen molar-refractivity contribution in [2.24, 2.45) is 10.8 Å². The molecule has 0 aromatic heterocycles. The fraction of sp³-hybridized carbons (Fsp3) is 0.933. The molecule has 2 aliphatic rings. The summed E-state index contributed by atoms with van der Waals surface area (Å²) in [6, 6.07) is 0.378. The van der Waals surface area contributed by atoms with E-state index in [0.29, 0.717) is 11.9 Å². The van der Waals surface area contributed by atoms with E-state index in [-0.39, 0.29) is 10.8 Å². The Morgan fingerprint density at radius 3 is 2.44 bits per heavy atom. The third-order valence-corrected chi connectivity index (χ3v) is 5.28. The molecule has 0 aromatic rings. The van der Waals surface area contributed by atoms with Gasteiger partial charge in [-0.05, 0) is 50.6 Å². The maximum Gasteiger partial charge on any atom is 0.226 e. The van der Waals surface area contributed by atoms with Crippen LogP contribution in [0.2, 0.25) is 0 Å². The van der Waals surface area contributed by atoms with Gasteiger partial charge in [0.2, 0.25) is 5.91 Å². The van der Waals surface area contributed by atoms with Gasteiger partial charge in [-0.2, -0.15) is 0 Å². The van der Waals surface area contributed by atoms with Crippen LogP contribution in [0.15, 0.2) is 0 Å². The number of nitrogens with one attached hydrogen (secondary N) is 2. The smallest absolute Gasteiger partial charge is 0.226 e. The molecule has 1 saturated heterocycles. The van der Waals surface area contributed by atoms with E-state index in [0.717, 1.165) is 38.8 Å². The molecule has 1 aliphatic carbocycles. The molecule has 0 bridgehead atoms. The summed E-state index contributed by atoms with van der Waals surface area (Å²) in [4.78, 5) is 12.7. The Morgan fingerprint density at radius 1 is 1.28 bits per heavy atom. The normalized spacial score (nSPS) is 30.1. The lowest BCUT2D eigenvalue weighted by Gasteiger charge is -2.38. The first-order chi connectivity index (χ1) is 8.50. The first kappa shape index (κ1) is 13.9. The van der Waals surface area contributed by atoms with E-state index < -0.39 is 0 Å². The Morgan fingerprint density at radius 2 is 1.94 bits per heavy atom. The van der Waals surface area contributed by atoms with Crippen molar-refractivity contribution in [3.8, 4) is 0 Å². The topological polar surface area (TPSA) is 41.1 Å². The molecule has 1 unspecified atom stereocenters. The van der Waals surface area contributed by atoms with Gasteiger partial charge in [-0.15, -0.1) is 0 Å². The number of carbonyl (C=O) groups excluding carboxylic acids is 1. The zero-order chi connectivity index (χ0) is 13.2. The first-order valence-corrected chi connectivity index (χ1v) is 7.52. The molecule has 104 valence electrons. The predicted octanol–water partition coefficient (Wildman–Crippen LogP) is 2.46. The lowest BCUT2D eigenvalue weighted by Crippen LogP contribution is -2.52. The van der Waals surface area contributed by atoms with Gasteiger partial charge < -0.3 is 10.6 Å². The van der Waals surface area contributed by atoms with Gasteiger partial charge in [0.15, 0.2) is 0 Å². The highest BCUT2D eigenvalue weighted by Gasteiger charge is 2.42. The molecule has 1 aliphatic heterocycles. The average Bonchev–Trinajstić information content (AvgIpc) is 2.69. The fourth-order valence-electron chi connectivity index (χ4n) is 3.55. The Hall–Kier alpha value is -0.570. The molecule has 1 heterocycles. The maximum atomic E-state index is 12.7. The van der Waals surface area contributed by atoms with Gasteiger partial charge in [-0.3, -0.25) is 4.79 Å². The van der Waals surface area contributed by atoms with Crippen LogP contribution in [-0.4, -0.2) is 25.0 Å². The number of hydrogen-bond donors (Lipinski definition) is 2. The van der Waals surface area contributed by atoms with Crippen LogP contribution in [0.4, 0.5) is 0 Å². The van der Waals surface area contributed by atoms with E-state index in [1.807, 2.05) is 0 Å². The van der Waals surface area contributed by atoms with Crippen LogP contribution in [-0.2, 0) is 4.79 Å². The highest BCUT2D eigenvalue weighted by atomic mass is 16.2. The number of piperidine rings is 1. The molecule has 0 spiro atoms. The Bertz CT molecular complexity index is 306. The van der Waals surface area contributed by atoms with E-state index >= 15 is 0 Å². The van der Waals surface area contributed by atoms with Crippen molar-refractivity contribution in [2.45, 2.75) is 65.3 Å². The van der Waals surface area contributed by atoms with Crippen LogP contribution in [0.1, 0.15) is 59.3 Å². The second-order valence-electron chi connectivity index (χ2n) is 6.79. The standard InChI is InChI=1S/C15H28N2O/c1-4-15(8-10-16-11-9-15)13(18)17-12-6-5-7-14(12,2)3/h12,16H,4-11H2,1-3H3,(H,17,18). The van der Waals surface area contributed by atoms with Gasteiger partial charge >= 0.3 is 0 Å². The number of carbonyl (C=O) groups is 1. The van der Waals surface area contributed by atoms with Crippen LogP contribution in [0.25, 0.3) is 0 Å². The summed E-state index contributed by atoms with van der Waals surface area (Å²) in [6.45, 7) is 8.69. The third kappa shape index (κ3) is 2.56. The third-order valence-electron chi connectivity index (χ3n) is 5.28. The lowest BCUT2D eigenvalue weighted by atomic mass is 9.75. The van der Waals surface area contributed by atoms with Crippen molar-refractivity contribution in [2.75, 3.05) is 13.1 Å². The summed E-state index contributed by atoms with van der Waals surface area (Å²) in [5.74, 6) is 0.312. The van der Waals surface area contributed by atoms with Crippen molar-refractivity contribution < 1.29 is 4.79 Å². The molecule has 2 fully saturated rings. The Kier molecular flexibility index (Phi) is 4.00. The van der Waals surface area contributed by atoms with Gasteiger partial charge in [0.05, 0.1) is 5.41 Å². The molecule has 3 heteroatoms. The molecule has 1 amide bonds. The molecule has 18 heavy (non-hydrogen) atoms. The van der Waals surface area contributed by atoms with Gasteiger partial charge in [0, 0.05) is 6.04 Å². The molecule has 2 rings (SSSR count). The van der Waals surface area contributed by atoms with Crippen LogP contribution in [0, 0.1) is 10.8 Å². The summed E-state index contributed by atoms with van der Waals surface area (Å²) < 4.78 is 0. The highest BCUT2D eigenvalue weighted by molar-refractivity contribution is 5.83. The number of amides is 1. The van der Waals surface area contributed by atoms with Crippen molar-refractivity contribution in [1.82, 2.24) is 10.6 Å². The van der Waals surface area contributed by atoms with Crippen molar-refractivity contribution in [1.29, 1.82) is 0 Å². The molecule has 1 atom stereocenters. The van der Waals surface area contributed by atoms with Crippen LogP contribution in [0.3, 0.4) is 0 Å². The van der Waals surface area contributed by atoms with Crippen LogP contribution < -0.4 is 10.6 Å². The maximum absolute atomic E-state index is 12.7. The van der Waals surface area contributed by atoms with Gasteiger partial charge in [0.25, 0.3) is 0 Å². The van der Waals surface area contributed by atoms with E-state index in [9.17, 15) is 4.79 Å². The monoisotopic (exact) mass is 252 g/mol. The minimum absolute atomic E-state index is 0.107. The SMILES string of the molecule is CCC1(C(=O)NC2CCCC2(C)C)CCNCC1. The summed E-state index contributed by atoms with van der Waals surface area (Å²) in [6.07, 6.45) is 6.58. The number of hydrogen-bond acceptors (Lipinski definition) is 2. The minimum Gasteiger partial charge on any atom is -0.352 e. The molecule has 0 aromatic carbocycles. The summed E-state index contributed by atoms with van der Waals surface area (Å²) in [5.41, 5.74) is 0.168. The van der Waals surface area contributed by atoms with Gasteiger partial charge in [0.1, 0.15) is 0 Å². The molecule has 3 nitrogen and oxygen atoms in total. The average molecular weight is 252 g/mol.